The third-order valence-corrected chi connectivity index (χ3v) is 4.30. The molecule has 5 nitrogen and oxygen atoms in total. The number of methoxy groups -OCH3 is 1. The summed E-state index contributed by atoms with van der Waals surface area (Å²) >= 11 is 1.54. The van der Waals surface area contributed by atoms with Crippen LogP contribution in [0.4, 0.5) is 0 Å². The minimum absolute atomic E-state index is 0.0901. The number of rotatable bonds is 5. The number of hydrogen-bond donors (Lipinski definition) is 0. The lowest BCUT2D eigenvalue weighted by Crippen LogP contribution is -2.36. The van der Waals surface area contributed by atoms with E-state index >= 15 is 0 Å². The van der Waals surface area contributed by atoms with Gasteiger partial charge in [-0.15, -0.1) is 0 Å². The molecule has 0 radical (unpaired) electrons. The summed E-state index contributed by atoms with van der Waals surface area (Å²) in [5.74, 6) is 0.709. The van der Waals surface area contributed by atoms with Gasteiger partial charge in [-0.05, 0) is 17.0 Å². The molecule has 2 aromatic rings. The molecule has 0 atom stereocenters. The van der Waals surface area contributed by atoms with Crippen molar-refractivity contribution in [2.75, 3.05) is 26.9 Å². The third kappa shape index (κ3) is 3.28. The number of carbonyl (C=O) groups excluding carboxylic acids is 1. The van der Waals surface area contributed by atoms with Crippen molar-refractivity contribution in [1.82, 2.24) is 9.88 Å². The maximum atomic E-state index is 12.4. The van der Waals surface area contributed by atoms with Crippen LogP contribution in [0.1, 0.15) is 21.6 Å². The fourth-order valence-corrected chi connectivity index (χ4v) is 3.08. The van der Waals surface area contributed by atoms with E-state index < -0.39 is 0 Å². The van der Waals surface area contributed by atoms with Crippen molar-refractivity contribution in [3.05, 3.63) is 45.8 Å². The number of ether oxygens (including phenoxy) is 2. The van der Waals surface area contributed by atoms with E-state index in [0.717, 1.165) is 23.2 Å². The van der Waals surface area contributed by atoms with Crippen molar-refractivity contribution >= 4 is 17.2 Å². The monoisotopic (exact) mass is 318 g/mol. The number of thiophene rings is 1. The molecule has 0 bridgehead atoms. The largest absolute Gasteiger partial charge is 0.475 e. The second-order valence-corrected chi connectivity index (χ2v) is 5.87. The lowest BCUT2D eigenvalue weighted by molar-refractivity contribution is 0.0733. The van der Waals surface area contributed by atoms with E-state index in [-0.39, 0.29) is 5.91 Å². The number of carbonyl (C=O) groups is 1. The Hall–Kier alpha value is -1.92. The molecule has 0 fully saturated rings. The lowest BCUT2D eigenvalue weighted by Gasteiger charge is -2.28. The number of pyridine rings is 1. The maximum absolute atomic E-state index is 12.4. The highest BCUT2D eigenvalue weighted by Gasteiger charge is 2.23. The number of nitrogens with zero attached hydrogens (tertiary/aromatic N) is 2. The first-order chi connectivity index (χ1) is 10.8. The molecule has 1 aliphatic rings. The normalized spacial score (nSPS) is 13.8. The first kappa shape index (κ1) is 15.0. The Kier molecular flexibility index (Phi) is 4.70. The van der Waals surface area contributed by atoms with E-state index in [4.69, 9.17) is 9.47 Å². The van der Waals surface area contributed by atoms with Crippen LogP contribution in [0, 0.1) is 0 Å². The molecule has 0 aliphatic carbocycles. The molecular weight excluding hydrogens is 300 g/mol. The zero-order valence-electron chi connectivity index (χ0n) is 12.4. The molecule has 3 heterocycles. The van der Waals surface area contributed by atoms with Gasteiger partial charge in [0, 0.05) is 38.1 Å². The topological polar surface area (TPSA) is 51.7 Å². The molecule has 0 saturated heterocycles. The van der Waals surface area contributed by atoms with Crippen LogP contribution in [0.3, 0.4) is 0 Å². The summed E-state index contributed by atoms with van der Waals surface area (Å²) in [5, 5.41) is 3.82. The summed E-state index contributed by atoms with van der Waals surface area (Å²) in [6.07, 6.45) is 0.757. The predicted octanol–water partition coefficient (Wildman–Crippen LogP) is 2.37. The molecular formula is C16H18N2O3S. The van der Waals surface area contributed by atoms with E-state index in [1.807, 2.05) is 33.9 Å². The minimum Gasteiger partial charge on any atom is -0.475 e. The van der Waals surface area contributed by atoms with Crippen LogP contribution in [-0.2, 0) is 17.7 Å². The van der Waals surface area contributed by atoms with Crippen LogP contribution in [0.25, 0.3) is 0 Å². The van der Waals surface area contributed by atoms with Gasteiger partial charge in [0.1, 0.15) is 6.61 Å². The van der Waals surface area contributed by atoms with Gasteiger partial charge < -0.3 is 14.4 Å². The minimum atomic E-state index is 0.0901. The Balaban J connectivity index is 1.67. The van der Waals surface area contributed by atoms with Crippen LogP contribution in [0.5, 0.6) is 5.88 Å². The Morgan fingerprint density at radius 3 is 3.05 bits per heavy atom. The van der Waals surface area contributed by atoms with E-state index in [1.54, 1.807) is 18.4 Å². The van der Waals surface area contributed by atoms with E-state index in [2.05, 4.69) is 4.98 Å². The fourth-order valence-electron chi connectivity index (χ4n) is 2.45. The average molecular weight is 318 g/mol. The second-order valence-electron chi connectivity index (χ2n) is 5.09. The van der Waals surface area contributed by atoms with Gasteiger partial charge in [-0.25, -0.2) is 4.98 Å². The molecule has 0 unspecified atom stereocenters. The molecule has 0 spiro atoms. The average Bonchev–Trinajstić information content (AvgIpc) is 3.08. The molecule has 0 N–H and O–H groups in total. The lowest BCUT2D eigenvalue weighted by atomic mass is 10.1. The Labute approximate surface area is 133 Å². The maximum Gasteiger partial charge on any atom is 0.255 e. The second kappa shape index (κ2) is 6.89. The number of hydrogen-bond acceptors (Lipinski definition) is 5. The van der Waals surface area contributed by atoms with Gasteiger partial charge in [-0.2, -0.15) is 11.3 Å². The van der Waals surface area contributed by atoms with E-state index in [0.29, 0.717) is 32.2 Å². The third-order valence-electron chi connectivity index (χ3n) is 3.62. The van der Waals surface area contributed by atoms with Crippen molar-refractivity contribution in [2.24, 2.45) is 0 Å². The first-order valence-corrected chi connectivity index (χ1v) is 8.14. The van der Waals surface area contributed by atoms with E-state index in [9.17, 15) is 4.79 Å². The standard InChI is InChI=1S/C16H18N2O3S/c1-20-7-8-21-15-3-2-12-10-18(6-4-14(12)17-15)16(19)13-5-9-22-11-13/h2-3,5,9,11H,4,6-8,10H2,1H3. The SMILES string of the molecule is COCCOc1ccc2c(n1)CCN(C(=O)c1ccsc1)C2. The zero-order valence-corrected chi connectivity index (χ0v) is 13.3. The Bertz CT molecular complexity index is 643. The fraction of sp³-hybridized carbons (Fsp3) is 0.375. The highest BCUT2D eigenvalue weighted by Crippen LogP contribution is 2.22. The quantitative estimate of drug-likeness (QED) is 0.794. The van der Waals surface area contributed by atoms with Gasteiger partial charge in [0.15, 0.2) is 0 Å². The summed E-state index contributed by atoms with van der Waals surface area (Å²) in [6.45, 7) is 2.33. The summed E-state index contributed by atoms with van der Waals surface area (Å²) in [5.41, 5.74) is 2.87. The highest BCUT2D eigenvalue weighted by atomic mass is 32.1. The summed E-state index contributed by atoms with van der Waals surface area (Å²) in [7, 11) is 1.64. The first-order valence-electron chi connectivity index (χ1n) is 7.20. The molecule has 0 aromatic carbocycles. The van der Waals surface area contributed by atoms with Gasteiger partial charge in [-0.1, -0.05) is 6.07 Å². The molecule has 3 rings (SSSR count). The van der Waals surface area contributed by atoms with Crippen LogP contribution in [0.2, 0.25) is 0 Å². The number of amides is 1. The van der Waals surface area contributed by atoms with Crippen molar-refractivity contribution < 1.29 is 14.3 Å². The summed E-state index contributed by atoms with van der Waals surface area (Å²) in [6, 6.07) is 5.72. The zero-order chi connectivity index (χ0) is 15.4. The Morgan fingerprint density at radius 2 is 2.27 bits per heavy atom. The Morgan fingerprint density at radius 1 is 1.36 bits per heavy atom. The van der Waals surface area contributed by atoms with E-state index in [1.165, 1.54) is 0 Å². The molecule has 116 valence electrons. The molecule has 22 heavy (non-hydrogen) atoms. The molecule has 0 saturated carbocycles. The van der Waals surface area contributed by atoms with Crippen LogP contribution in [0.15, 0.2) is 29.0 Å². The van der Waals surface area contributed by atoms with Gasteiger partial charge >= 0.3 is 0 Å². The van der Waals surface area contributed by atoms with Crippen LogP contribution in [-0.4, -0.2) is 42.7 Å². The highest BCUT2D eigenvalue weighted by molar-refractivity contribution is 7.08. The number of aromatic nitrogens is 1. The van der Waals surface area contributed by atoms with Gasteiger partial charge in [0.25, 0.3) is 5.91 Å². The predicted molar refractivity (Wildman–Crippen MR) is 84.4 cm³/mol. The molecule has 1 amide bonds. The molecule has 1 aliphatic heterocycles. The van der Waals surface area contributed by atoms with Crippen molar-refractivity contribution in [3.8, 4) is 5.88 Å². The van der Waals surface area contributed by atoms with Crippen molar-refractivity contribution in [3.63, 3.8) is 0 Å². The van der Waals surface area contributed by atoms with Crippen LogP contribution < -0.4 is 4.74 Å². The number of fused-ring (bicyclic) bond motifs is 1. The van der Waals surface area contributed by atoms with Crippen LogP contribution >= 0.6 is 11.3 Å². The smallest absolute Gasteiger partial charge is 0.255 e. The van der Waals surface area contributed by atoms with Gasteiger partial charge in [-0.3, -0.25) is 4.79 Å². The van der Waals surface area contributed by atoms with Crippen molar-refractivity contribution in [2.45, 2.75) is 13.0 Å². The summed E-state index contributed by atoms with van der Waals surface area (Å²) < 4.78 is 10.5. The van der Waals surface area contributed by atoms with Crippen molar-refractivity contribution in [1.29, 1.82) is 0 Å². The van der Waals surface area contributed by atoms with Gasteiger partial charge in [0.2, 0.25) is 5.88 Å². The molecule has 6 heteroatoms. The summed E-state index contributed by atoms with van der Waals surface area (Å²) in [4.78, 5) is 18.8. The van der Waals surface area contributed by atoms with Gasteiger partial charge in [0.05, 0.1) is 17.9 Å². The molecule has 2 aromatic heterocycles.